The Morgan fingerprint density at radius 2 is 1.47 bits per heavy atom. The Balaban J connectivity index is 1.28. The van der Waals surface area contributed by atoms with Crippen LogP contribution < -0.4 is 5.32 Å². The molecule has 0 saturated carbocycles. The van der Waals surface area contributed by atoms with Crippen molar-refractivity contribution in [3.05, 3.63) is 95.4 Å². The van der Waals surface area contributed by atoms with E-state index in [2.05, 4.69) is 10.2 Å². The molecule has 6 nitrogen and oxygen atoms in total. The highest BCUT2D eigenvalue weighted by Gasteiger charge is 2.24. The van der Waals surface area contributed by atoms with Gasteiger partial charge in [-0.3, -0.25) is 14.5 Å². The number of nitrogens with zero attached hydrogens (tertiary/aromatic N) is 2. The van der Waals surface area contributed by atoms with Crippen molar-refractivity contribution in [2.45, 2.75) is 19.4 Å². The number of rotatable bonds is 7. The first kappa shape index (κ1) is 21.8. The highest BCUT2D eigenvalue weighted by atomic mass is 16.3. The second-order valence-electron chi connectivity index (χ2n) is 8.12. The lowest BCUT2D eigenvalue weighted by molar-refractivity contribution is -0.122. The summed E-state index contributed by atoms with van der Waals surface area (Å²) in [6.45, 7) is 5.27. The van der Waals surface area contributed by atoms with Crippen molar-refractivity contribution in [1.29, 1.82) is 0 Å². The van der Waals surface area contributed by atoms with Gasteiger partial charge in [0.2, 0.25) is 5.91 Å². The highest BCUT2D eigenvalue weighted by molar-refractivity contribution is 5.91. The molecule has 3 aromatic rings. The van der Waals surface area contributed by atoms with Crippen LogP contribution in [-0.2, 0) is 4.79 Å². The Labute approximate surface area is 188 Å². The molecule has 2 heterocycles. The third kappa shape index (κ3) is 5.45. The zero-order valence-corrected chi connectivity index (χ0v) is 18.4. The minimum absolute atomic E-state index is 0.0206. The van der Waals surface area contributed by atoms with Crippen molar-refractivity contribution < 1.29 is 14.0 Å². The van der Waals surface area contributed by atoms with Crippen LogP contribution in [0.5, 0.6) is 0 Å². The van der Waals surface area contributed by atoms with E-state index in [1.165, 1.54) is 0 Å². The molecule has 1 N–H and O–H groups in total. The average molecular weight is 432 g/mol. The van der Waals surface area contributed by atoms with Crippen molar-refractivity contribution in [2.75, 3.05) is 32.7 Å². The van der Waals surface area contributed by atoms with Gasteiger partial charge >= 0.3 is 0 Å². The zero-order chi connectivity index (χ0) is 22.3. The molecule has 1 aliphatic rings. The van der Waals surface area contributed by atoms with E-state index in [-0.39, 0.29) is 17.9 Å². The van der Waals surface area contributed by atoms with E-state index in [4.69, 9.17) is 4.42 Å². The van der Waals surface area contributed by atoms with Crippen LogP contribution in [0.25, 0.3) is 0 Å². The number of carbonyl (C=O) groups excluding carboxylic acids is 2. The van der Waals surface area contributed by atoms with E-state index < -0.39 is 0 Å². The van der Waals surface area contributed by atoms with Gasteiger partial charge in [-0.05, 0) is 30.2 Å². The Morgan fingerprint density at radius 1 is 0.875 bits per heavy atom. The lowest BCUT2D eigenvalue weighted by Gasteiger charge is -2.34. The number of hydrogen-bond donors (Lipinski definition) is 1. The summed E-state index contributed by atoms with van der Waals surface area (Å²) in [6, 6.07) is 23.4. The van der Waals surface area contributed by atoms with Gasteiger partial charge in [-0.1, -0.05) is 60.7 Å². The fraction of sp³-hybridized carbons (Fsp3) is 0.308. The predicted octanol–water partition coefficient (Wildman–Crippen LogP) is 3.64. The fourth-order valence-corrected chi connectivity index (χ4v) is 4.02. The van der Waals surface area contributed by atoms with Crippen LogP contribution in [0.15, 0.2) is 77.2 Å². The maximum absolute atomic E-state index is 12.8. The average Bonchev–Trinajstić information content (AvgIpc) is 3.28. The van der Waals surface area contributed by atoms with E-state index >= 15 is 0 Å². The van der Waals surface area contributed by atoms with E-state index in [9.17, 15) is 9.59 Å². The molecule has 0 radical (unpaired) electrons. The Morgan fingerprint density at radius 3 is 2.00 bits per heavy atom. The number of furan rings is 1. The molecule has 4 rings (SSSR count). The molecular formula is C26H29N3O3. The number of benzene rings is 2. The number of carbonyl (C=O) groups is 2. The Hall–Kier alpha value is -3.38. The first-order valence-electron chi connectivity index (χ1n) is 11.1. The molecule has 166 valence electrons. The van der Waals surface area contributed by atoms with Gasteiger partial charge in [-0.25, -0.2) is 0 Å². The van der Waals surface area contributed by atoms with Crippen molar-refractivity contribution in [3.8, 4) is 0 Å². The van der Waals surface area contributed by atoms with Gasteiger partial charge in [0.25, 0.3) is 5.91 Å². The summed E-state index contributed by atoms with van der Waals surface area (Å²) in [5.74, 6) is 1.09. The lowest BCUT2D eigenvalue weighted by atomic mass is 9.98. The molecule has 0 atom stereocenters. The first-order valence-corrected chi connectivity index (χ1v) is 11.1. The Bertz CT molecular complexity index is 985. The zero-order valence-electron chi connectivity index (χ0n) is 18.4. The fourth-order valence-electron chi connectivity index (χ4n) is 4.02. The monoisotopic (exact) mass is 431 g/mol. The number of nitrogens with one attached hydrogen (secondary N) is 1. The third-order valence-electron chi connectivity index (χ3n) is 5.84. The number of hydrogen-bond acceptors (Lipinski definition) is 4. The molecule has 0 aliphatic carbocycles. The molecule has 0 bridgehead atoms. The van der Waals surface area contributed by atoms with E-state index in [0.29, 0.717) is 31.8 Å². The molecular weight excluding hydrogens is 402 g/mol. The van der Waals surface area contributed by atoms with Crippen molar-refractivity contribution in [2.24, 2.45) is 0 Å². The van der Waals surface area contributed by atoms with Gasteiger partial charge in [0.05, 0.1) is 6.04 Å². The molecule has 1 aromatic heterocycles. The lowest BCUT2D eigenvalue weighted by Crippen LogP contribution is -2.49. The standard InChI is InChI=1S/C26H29N3O3/c1-20-12-13-23(32-20)26(31)29-18-16-28(17-19-29)15-14-24(30)27-25(21-8-4-2-5-9-21)22-10-6-3-7-11-22/h2-13,25H,14-19H2,1H3,(H,27,30). The van der Waals surface area contributed by atoms with Crippen LogP contribution in [0.4, 0.5) is 0 Å². The van der Waals surface area contributed by atoms with Gasteiger partial charge in [-0.2, -0.15) is 0 Å². The quantitative estimate of drug-likeness (QED) is 0.620. The van der Waals surface area contributed by atoms with E-state index in [1.54, 1.807) is 12.1 Å². The van der Waals surface area contributed by atoms with Crippen molar-refractivity contribution >= 4 is 11.8 Å². The van der Waals surface area contributed by atoms with Gasteiger partial charge < -0.3 is 14.6 Å². The Kier molecular flexibility index (Phi) is 7.02. The number of amides is 2. The van der Waals surface area contributed by atoms with Crippen LogP contribution in [0, 0.1) is 6.92 Å². The maximum atomic E-state index is 12.8. The summed E-state index contributed by atoms with van der Waals surface area (Å²) < 4.78 is 5.46. The maximum Gasteiger partial charge on any atom is 0.289 e. The summed E-state index contributed by atoms with van der Waals surface area (Å²) in [5, 5.41) is 3.20. The smallest absolute Gasteiger partial charge is 0.289 e. The van der Waals surface area contributed by atoms with Crippen LogP contribution >= 0.6 is 0 Å². The van der Waals surface area contributed by atoms with Gasteiger partial charge in [0.1, 0.15) is 5.76 Å². The number of aryl methyl sites for hydroxylation is 1. The van der Waals surface area contributed by atoms with Gasteiger partial charge in [0, 0.05) is 39.1 Å². The third-order valence-corrected chi connectivity index (χ3v) is 5.84. The molecule has 6 heteroatoms. The summed E-state index contributed by atoms with van der Waals surface area (Å²) in [6.07, 6.45) is 0.418. The van der Waals surface area contributed by atoms with E-state index in [0.717, 1.165) is 30.0 Å². The summed E-state index contributed by atoms with van der Waals surface area (Å²) >= 11 is 0. The second-order valence-corrected chi connectivity index (χ2v) is 8.12. The molecule has 2 amide bonds. The van der Waals surface area contributed by atoms with Gasteiger partial charge in [0.15, 0.2) is 5.76 Å². The topological polar surface area (TPSA) is 65.8 Å². The largest absolute Gasteiger partial charge is 0.456 e. The number of piperazine rings is 1. The van der Waals surface area contributed by atoms with Crippen LogP contribution in [0.1, 0.15) is 39.9 Å². The van der Waals surface area contributed by atoms with Crippen LogP contribution in [0.3, 0.4) is 0 Å². The summed E-state index contributed by atoms with van der Waals surface area (Å²) in [7, 11) is 0. The molecule has 1 fully saturated rings. The predicted molar refractivity (Wildman–Crippen MR) is 123 cm³/mol. The minimum atomic E-state index is -0.170. The van der Waals surface area contributed by atoms with Crippen LogP contribution in [0.2, 0.25) is 0 Å². The SMILES string of the molecule is Cc1ccc(C(=O)N2CCN(CCC(=O)NC(c3ccccc3)c3ccccc3)CC2)o1. The molecule has 0 spiro atoms. The minimum Gasteiger partial charge on any atom is -0.456 e. The van der Waals surface area contributed by atoms with E-state index in [1.807, 2.05) is 72.5 Å². The van der Waals surface area contributed by atoms with Crippen molar-refractivity contribution in [3.63, 3.8) is 0 Å². The van der Waals surface area contributed by atoms with Crippen LogP contribution in [-0.4, -0.2) is 54.3 Å². The summed E-state index contributed by atoms with van der Waals surface area (Å²) in [4.78, 5) is 29.4. The summed E-state index contributed by atoms with van der Waals surface area (Å²) in [5.41, 5.74) is 2.12. The first-order chi connectivity index (χ1) is 15.6. The normalized spacial score (nSPS) is 14.5. The molecule has 0 unspecified atom stereocenters. The second kappa shape index (κ2) is 10.3. The molecule has 2 aromatic carbocycles. The molecule has 32 heavy (non-hydrogen) atoms. The molecule has 1 aliphatic heterocycles. The molecule has 1 saturated heterocycles. The van der Waals surface area contributed by atoms with Crippen molar-refractivity contribution in [1.82, 2.24) is 15.1 Å². The highest BCUT2D eigenvalue weighted by Crippen LogP contribution is 2.22. The van der Waals surface area contributed by atoms with Gasteiger partial charge in [-0.15, -0.1) is 0 Å².